The Balaban J connectivity index is 1.59. The Kier molecular flexibility index (Phi) is 6.08. The van der Waals surface area contributed by atoms with E-state index in [4.69, 9.17) is 4.74 Å². The minimum Gasteiger partial charge on any atom is -0.494 e. The molecule has 2 aliphatic rings. The molecule has 4 rings (SSSR count). The lowest BCUT2D eigenvalue weighted by atomic mass is 9.79. The molecule has 1 saturated heterocycles. The van der Waals surface area contributed by atoms with Crippen molar-refractivity contribution in [3.63, 3.8) is 0 Å². The largest absolute Gasteiger partial charge is 0.494 e. The monoisotopic (exact) mass is 449 g/mol. The molecule has 2 heterocycles. The number of aryl methyl sites for hydroxylation is 1. The number of carbonyl (C=O) groups excluding carboxylic acids is 1. The second-order valence-corrected chi connectivity index (χ2v) is 10.2. The molecule has 0 bridgehead atoms. The van der Waals surface area contributed by atoms with Gasteiger partial charge in [0, 0.05) is 18.3 Å². The number of ether oxygens (including phenoxy) is 1. The number of nitrogens with zero attached hydrogens (tertiary/aromatic N) is 2. The molecule has 1 unspecified atom stereocenters. The lowest BCUT2D eigenvalue weighted by molar-refractivity contribution is -0.115. The zero-order chi connectivity index (χ0) is 23.0. The number of rotatable bonds is 4. The molecular formula is C26H31N3O2S. The Morgan fingerprint density at radius 3 is 2.69 bits per heavy atom. The number of aliphatic imine (C=N–C) groups is 1. The van der Waals surface area contributed by atoms with Crippen molar-refractivity contribution in [1.29, 1.82) is 0 Å². The third-order valence-corrected chi connectivity index (χ3v) is 7.25. The molecule has 0 aliphatic carbocycles. The Labute approximate surface area is 194 Å². The van der Waals surface area contributed by atoms with Crippen LogP contribution in [0.1, 0.15) is 56.7 Å². The molecule has 32 heavy (non-hydrogen) atoms. The van der Waals surface area contributed by atoms with Crippen molar-refractivity contribution in [2.45, 2.75) is 52.5 Å². The molecule has 0 radical (unpaired) electrons. The van der Waals surface area contributed by atoms with Crippen molar-refractivity contribution >= 4 is 40.3 Å². The molecule has 2 aliphatic heterocycles. The fraction of sp³-hybridized carbons (Fsp3) is 0.385. The van der Waals surface area contributed by atoms with Gasteiger partial charge in [-0.3, -0.25) is 4.79 Å². The van der Waals surface area contributed by atoms with Gasteiger partial charge in [0.15, 0.2) is 5.17 Å². The molecular weight excluding hydrogens is 418 g/mol. The molecule has 0 saturated carbocycles. The standard InChI is InChI=1S/C26H31N3O2S/c1-7-31-20-10-8-19(9-11-20)27-25-28-24(30)23(32-25)14-18-13-21-17(3)15-26(4,5)29(6)22(21)12-16(18)2/h8-14,17H,7,15H2,1-6H3,(H,27,28,30)/b23-14+. The highest BCUT2D eigenvalue weighted by atomic mass is 32.2. The molecule has 1 N–H and O–H groups in total. The number of carbonyl (C=O) groups is 1. The first kappa shape index (κ1) is 22.5. The number of anilines is 1. The summed E-state index contributed by atoms with van der Waals surface area (Å²) < 4.78 is 5.47. The van der Waals surface area contributed by atoms with Gasteiger partial charge in [0.25, 0.3) is 5.91 Å². The molecule has 2 aromatic carbocycles. The number of hydrogen-bond donors (Lipinski definition) is 1. The van der Waals surface area contributed by atoms with Crippen molar-refractivity contribution in [2.24, 2.45) is 4.99 Å². The van der Waals surface area contributed by atoms with E-state index in [1.807, 2.05) is 37.3 Å². The Morgan fingerprint density at radius 1 is 1.28 bits per heavy atom. The van der Waals surface area contributed by atoms with Crippen LogP contribution in [-0.2, 0) is 4.79 Å². The topological polar surface area (TPSA) is 53.9 Å². The molecule has 5 nitrogen and oxygen atoms in total. The number of benzene rings is 2. The maximum atomic E-state index is 12.6. The molecule has 1 fully saturated rings. The van der Waals surface area contributed by atoms with Crippen LogP contribution in [0.15, 0.2) is 46.3 Å². The van der Waals surface area contributed by atoms with Crippen molar-refractivity contribution in [2.75, 3.05) is 18.6 Å². The van der Waals surface area contributed by atoms with E-state index < -0.39 is 0 Å². The van der Waals surface area contributed by atoms with E-state index in [-0.39, 0.29) is 11.4 Å². The van der Waals surface area contributed by atoms with E-state index >= 15 is 0 Å². The summed E-state index contributed by atoms with van der Waals surface area (Å²) in [6.07, 6.45) is 3.09. The van der Waals surface area contributed by atoms with Crippen LogP contribution in [-0.4, -0.2) is 30.3 Å². The molecule has 0 spiro atoms. The van der Waals surface area contributed by atoms with Crippen molar-refractivity contribution < 1.29 is 9.53 Å². The quantitative estimate of drug-likeness (QED) is 0.581. The molecule has 1 amide bonds. The summed E-state index contributed by atoms with van der Waals surface area (Å²) in [6, 6.07) is 12.1. The molecule has 0 aromatic heterocycles. The van der Waals surface area contributed by atoms with Crippen molar-refractivity contribution in [1.82, 2.24) is 5.32 Å². The second kappa shape index (κ2) is 8.66. The number of amides is 1. The first-order valence-electron chi connectivity index (χ1n) is 11.1. The van der Waals surface area contributed by atoms with Gasteiger partial charge in [-0.25, -0.2) is 4.99 Å². The number of hydrogen-bond acceptors (Lipinski definition) is 5. The number of fused-ring (bicyclic) bond motifs is 1. The van der Waals surface area contributed by atoms with Crippen molar-refractivity contribution in [3.05, 3.63) is 58.0 Å². The molecule has 2 aromatic rings. The lowest BCUT2D eigenvalue weighted by Crippen LogP contribution is -2.45. The van der Waals surface area contributed by atoms with Crippen LogP contribution in [0.3, 0.4) is 0 Å². The predicted molar refractivity (Wildman–Crippen MR) is 135 cm³/mol. The highest BCUT2D eigenvalue weighted by Crippen LogP contribution is 2.44. The van der Waals surface area contributed by atoms with Crippen LogP contribution in [0.4, 0.5) is 11.4 Å². The van der Waals surface area contributed by atoms with E-state index in [9.17, 15) is 4.79 Å². The summed E-state index contributed by atoms with van der Waals surface area (Å²) in [6.45, 7) is 11.6. The van der Waals surface area contributed by atoms with E-state index in [1.165, 1.54) is 28.6 Å². The number of nitrogens with one attached hydrogen (secondary N) is 1. The van der Waals surface area contributed by atoms with Crippen LogP contribution >= 0.6 is 11.8 Å². The van der Waals surface area contributed by atoms with E-state index in [1.54, 1.807) is 0 Å². The third-order valence-electron chi connectivity index (χ3n) is 6.34. The normalized spacial score (nSPS) is 22.2. The minimum atomic E-state index is -0.108. The van der Waals surface area contributed by atoms with Gasteiger partial charge in [-0.05, 0) is 111 Å². The zero-order valence-corrected chi connectivity index (χ0v) is 20.5. The van der Waals surface area contributed by atoms with Crippen LogP contribution < -0.4 is 15.0 Å². The van der Waals surface area contributed by atoms with E-state index in [0.717, 1.165) is 23.4 Å². The maximum absolute atomic E-state index is 12.6. The van der Waals surface area contributed by atoms with Gasteiger partial charge in [0.05, 0.1) is 17.2 Å². The van der Waals surface area contributed by atoms with Crippen molar-refractivity contribution in [3.8, 4) is 5.75 Å². The smallest absolute Gasteiger partial charge is 0.264 e. The zero-order valence-electron chi connectivity index (χ0n) is 19.7. The summed E-state index contributed by atoms with van der Waals surface area (Å²) in [7, 11) is 2.17. The van der Waals surface area contributed by atoms with Gasteiger partial charge < -0.3 is 15.0 Å². The van der Waals surface area contributed by atoms with Crippen LogP contribution in [0.25, 0.3) is 6.08 Å². The van der Waals surface area contributed by atoms with Crippen LogP contribution in [0.2, 0.25) is 0 Å². The summed E-state index contributed by atoms with van der Waals surface area (Å²) in [5.41, 5.74) is 5.79. The van der Waals surface area contributed by atoms with E-state index in [0.29, 0.717) is 22.6 Å². The summed E-state index contributed by atoms with van der Waals surface area (Å²) in [5.74, 6) is 1.17. The second-order valence-electron chi connectivity index (χ2n) is 9.15. The Morgan fingerprint density at radius 2 is 2.00 bits per heavy atom. The summed E-state index contributed by atoms with van der Waals surface area (Å²) in [5, 5.41) is 3.48. The van der Waals surface area contributed by atoms with Crippen LogP contribution in [0.5, 0.6) is 5.75 Å². The Hall–Kier alpha value is -2.73. The van der Waals surface area contributed by atoms with Gasteiger partial charge in [-0.2, -0.15) is 0 Å². The maximum Gasteiger partial charge on any atom is 0.264 e. The number of amidine groups is 1. The fourth-order valence-corrected chi connectivity index (χ4v) is 5.25. The molecule has 6 heteroatoms. The summed E-state index contributed by atoms with van der Waals surface area (Å²) in [4.78, 5) is 20.2. The van der Waals surface area contributed by atoms with Crippen LogP contribution in [0, 0.1) is 6.92 Å². The summed E-state index contributed by atoms with van der Waals surface area (Å²) >= 11 is 1.38. The highest BCUT2D eigenvalue weighted by molar-refractivity contribution is 8.18. The third kappa shape index (κ3) is 4.42. The van der Waals surface area contributed by atoms with Gasteiger partial charge >= 0.3 is 0 Å². The van der Waals surface area contributed by atoms with E-state index in [2.05, 4.69) is 62.1 Å². The first-order chi connectivity index (χ1) is 15.2. The SMILES string of the molecule is CCOc1ccc(N=C2NC(=O)/C(=C\c3cc4c(cc3C)N(C)C(C)(C)CC4C)S2)cc1. The predicted octanol–water partition coefficient (Wildman–Crippen LogP) is 6.01. The fourth-order valence-electron chi connectivity index (χ4n) is 4.41. The van der Waals surface area contributed by atoms with Gasteiger partial charge in [0.1, 0.15) is 5.75 Å². The van der Waals surface area contributed by atoms with Gasteiger partial charge in [-0.1, -0.05) is 6.92 Å². The molecule has 168 valence electrons. The first-order valence-corrected chi connectivity index (χ1v) is 11.9. The average molecular weight is 450 g/mol. The van der Waals surface area contributed by atoms with Gasteiger partial charge in [0.2, 0.25) is 0 Å². The molecule has 1 atom stereocenters. The number of thioether (sulfide) groups is 1. The minimum absolute atomic E-state index is 0.108. The van der Waals surface area contributed by atoms with Gasteiger partial charge in [-0.15, -0.1) is 0 Å². The Bertz CT molecular complexity index is 1100. The average Bonchev–Trinajstić information content (AvgIpc) is 3.07. The highest BCUT2D eigenvalue weighted by Gasteiger charge is 2.34. The lowest BCUT2D eigenvalue weighted by Gasteiger charge is -2.45.